The van der Waals surface area contributed by atoms with E-state index in [1.54, 1.807) is 6.20 Å². The molecular weight excluding hydrogens is 234 g/mol. The lowest BCUT2D eigenvalue weighted by Gasteiger charge is -2.18. The fourth-order valence-corrected chi connectivity index (χ4v) is 2.13. The van der Waals surface area contributed by atoms with Gasteiger partial charge in [0.2, 0.25) is 0 Å². The highest BCUT2D eigenvalue weighted by molar-refractivity contribution is 5.60. The number of hydrogen-bond donors (Lipinski definition) is 1. The molecule has 19 heavy (non-hydrogen) atoms. The average molecular weight is 257 g/mol. The lowest BCUT2D eigenvalue weighted by molar-refractivity contribution is 0.527. The molecule has 3 heteroatoms. The first-order valence-electron chi connectivity index (χ1n) is 7.02. The average Bonchev–Trinajstić information content (AvgIpc) is 2.91. The Morgan fingerprint density at radius 1 is 1.11 bits per heavy atom. The molecule has 0 fully saturated rings. The zero-order valence-electron chi connectivity index (χ0n) is 12.0. The van der Waals surface area contributed by atoms with Crippen LogP contribution in [0.2, 0.25) is 0 Å². The zero-order chi connectivity index (χ0) is 13.7. The summed E-state index contributed by atoms with van der Waals surface area (Å²) in [6, 6.07) is 10.7. The maximum Gasteiger partial charge on any atom is 0.0876 e. The third-order valence-corrected chi connectivity index (χ3v) is 3.23. The maximum atomic E-state index is 4.31. The van der Waals surface area contributed by atoms with Gasteiger partial charge in [-0.3, -0.25) is 0 Å². The molecule has 3 nitrogen and oxygen atoms in total. The number of benzene rings is 1. The number of nitrogens with zero attached hydrogens (tertiary/aromatic N) is 2. The van der Waals surface area contributed by atoms with E-state index in [1.165, 1.54) is 12.8 Å². The van der Waals surface area contributed by atoms with Crippen LogP contribution in [0.3, 0.4) is 0 Å². The molecule has 1 aromatic heterocycles. The van der Waals surface area contributed by atoms with Gasteiger partial charge in [-0.25, -0.2) is 4.68 Å². The molecule has 0 radical (unpaired) electrons. The summed E-state index contributed by atoms with van der Waals surface area (Å²) in [4.78, 5) is 0. The molecule has 1 heterocycles. The Hall–Kier alpha value is -1.77. The van der Waals surface area contributed by atoms with Crippen molar-refractivity contribution in [3.8, 4) is 5.69 Å². The summed E-state index contributed by atoms with van der Waals surface area (Å²) in [5.41, 5.74) is 2.24. The largest absolute Gasteiger partial charge is 0.381 e. The van der Waals surface area contributed by atoms with Crippen molar-refractivity contribution in [1.82, 2.24) is 9.78 Å². The van der Waals surface area contributed by atoms with E-state index in [2.05, 4.69) is 49.4 Å². The first kappa shape index (κ1) is 13.7. The molecule has 0 amide bonds. The smallest absolute Gasteiger partial charge is 0.0876 e. The van der Waals surface area contributed by atoms with Gasteiger partial charge < -0.3 is 5.32 Å². The number of anilines is 1. The van der Waals surface area contributed by atoms with Gasteiger partial charge in [0.05, 0.1) is 11.4 Å². The molecule has 2 rings (SSSR count). The number of para-hydroxylation sites is 2. The van der Waals surface area contributed by atoms with Gasteiger partial charge in [0.15, 0.2) is 0 Å². The molecule has 0 aliphatic heterocycles. The van der Waals surface area contributed by atoms with Crippen LogP contribution in [0.4, 0.5) is 5.69 Å². The highest BCUT2D eigenvalue weighted by atomic mass is 15.3. The normalized spacial score (nSPS) is 12.6. The van der Waals surface area contributed by atoms with Crippen LogP contribution < -0.4 is 5.32 Å². The van der Waals surface area contributed by atoms with Crippen LogP contribution >= 0.6 is 0 Å². The van der Waals surface area contributed by atoms with Crippen LogP contribution in [0.5, 0.6) is 0 Å². The van der Waals surface area contributed by atoms with Crippen molar-refractivity contribution in [2.24, 2.45) is 5.92 Å². The van der Waals surface area contributed by atoms with Crippen molar-refractivity contribution in [3.63, 3.8) is 0 Å². The van der Waals surface area contributed by atoms with Crippen LogP contribution in [-0.4, -0.2) is 15.8 Å². The first-order valence-corrected chi connectivity index (χ1v) is 7.02. The second kappa shape index (κ2) is 6.41. The second-order valence-electron chi connectivity index (χ2n) is 5.48. The van der Waals surface area contributed by atoms with Crippen molar-refractivity contribution < 1.29 is 0 Å². The van der Waals surface area contributed by atoms with Crippen molar-refractivity contribution in [1.29, 1.82) is 0 Å². The third kappa shape index (κ3) is 3.85. The number of aromatic nitrogens is 2. The predicted molar refractivity (Wildman–Crippen MR) is 80.7 cm³/mol. The monoisotopic (exact) mass is 257 g/mol. The lowest BCUT2D eigenvalue weighted by atomic mass is 10.0. The number of hydrogen-bond acceptors (Lipinski definition) is 2. The molecule has 0 saturated carbocycles. The Balaban J connectivity index is 2.08. The fraction of sp³-hybridized carbons (Fsp3) is 0.438. The zero-order valence-corrected chi connectivity index (χ0v) is 12.0. The van der Waals surface area contributed by atoms with Gasteiger partial charge in [0, 0.05) is 18.4 Å². The second-order valence-corrected chi connectivity index (χ2v) is 5.48. The molecule has 102 valence electrons. The standard InChI is InChI=1S/C16H23N3/c1-13(2)9-10-14(3)18-15-7-4-5-8-16(15)19-12-6-11-17-19/h4-8,11-14,18H,9-10H2,1-3H3. The van der Waals surface area contributed by atoms with Crippen LogP contribution in [0.15, 0.2) is 42.7 Å². The number of nitrogens with one attached hydrogen (secondary N) is 1. The summed E-state index contributed by atoms with van der Waals surface area (Å²) in [6.45, 7) is 6.77. The van der Waals surface area contributed by atoms with E-state index >= 15 is 0 Å². The third-order valence-electron chi connectivity index (χ3n) is 3.23. The summed E-state index contributed by atoms with van der Waals surface area (Å²) in [5.74, 6) is 0.755. The molecule has 1 atom stereocenters. The first-order chi connectivity index (χ1) is 9.16. The Morgan fingerprint density at radius 2 is 1.89 bits per heavy atom. The quantitative estimate of drug-likeness (QED) is 0.844. The molecule has 0 spiro atoms. The SMILES string of the molecule is CC(C)CCC(C)Nc1ccccc1-n1cccn1. The molecule has 1 aromatic carbocycles. The molecule has 0 saturated heterocycles. The van der Waals surface area contributed by atoms with Gasteiger partial charge in [0.1, 0.15) is 0 Å². The van der Waals surface area contributed by atoms with Gasteiger partial charge in [-0.1, -0.05) is 26.0 Å². The van der Waals surface area contributed by atoms with Gasteiger partial charge in [-0.05, 0) is 43.9 Å². The van der Waals surface area contributed by atoms with Crippen molar-refractivity contribution in [2.75, 3.05) is 5.32 Å². The van der Waals surface area contributed by atoms with Crippen molar-refractivity contribution >= 4 is 5.69 Å². The minimum atomic E-state index is 0.471. The molecule has 1 unspecified atom stereocenters. The van der Waals surface area contributed by atoms with E-state index < -0.39 is 0 Å². The number of rotatable bonds is 6. The van der Waals surface area contributed by atoms with E-state index in [0.29, 0.717) is 6.04 Å². The highest BCUT2D eigenvalue weighted by Gasteiger charge is 2.08. The summed E-state index contributed by atoms with van der Waals surface area (Å²) in [7, 11) is 0. The summed E-state index contributed by atoms with van der Waals surface area (Å²) >= 11 is 0. The van der Waals surface area contributed by atoms with E-state index in [9.17, 15) is 0 Å². The van der Waals surface area contributed by atoms with E-state index in [1.807, 2.05) is 23.0 Å². The maximum absolute atomic E-state index is 4.31. The Labute approximate surface area is 115 Å². The molecular formula is C16H23N3. The topological polar surface area (TPSA) is 29.9 Å². The Kier molecular flexibility index (Phi) is 4.61. The van der Waals surface area contributed by atoms with Gasteiger partial charge in [0.25, 0.3) is 0 Å². The summed E-state index contributed by atoms with van der Waals surface area (Å²) in [6.07, 6.45) is 6.21. The predicted octanol–water partition coefficient (Wildman–Crippen LogP) is 4.11. The summed E-state index contributed by atoms with van der Waals surface area (Å²) in [5, 5.41) is 7.90. The molecule has 2 aromatic rings. The Bertz CT molecular complexity index is 488. The van der Waals surface area contributed by atoms with Gasteiger partial charge >= 0.3 is 0 Å². The van der Waals surface area contributed by atoms with Gasteiger partial charge in [-0.2, -0.15) is 5.10 Å². The van der Waals surface area contributed by atoms with Crippen LogP contribution in [-0.2, 0) is 0 Å². The minimum Gasteiger partial charge on any atom is -0.381 e. The van der Waals surface area contributed by atoms with Crippen LogP contribution in [0.25, 0.3) is 5.69 Å². The minimum absolute atomic E-state index is 0.471. The molecule has 0 aliphatic rings. The van der Waals surface area contributed by atoms with E-state index in [4.69, 9.17) is 0 Å². The van der Waals surface area contributed by atoms with E-state index in [0.717, 1.165) is 17.3 Å². The van der Waals surface area contributed by atoms with Crippen molar-refractivity contribution in [3.05, 3.63) is 42.7 Å². The van der Waals surface area contributed by atoms with Crippen molar-refractivity contribution in [2.45, 2.75) is 39.7 Å². The van der Waals surface area contributed by atoms with Crippen LogP contribution in [0.1, 0.15) is 33.6 Å². The fourth-order valence-electron chi connectivity index (χ4n) is 2.13. The molecule has 0 aliphatic carbocycles. The van der Waals surface area contributed by atoms with Crippen LogP contribution in [0, 0.1) is 5.92 Å². The van der Waals surface area contributed by atoms with E-state index in [-0.39, 0.29) is 0 Å². The molecule has 1 N–H and O–H groups in total. The Morgan fingerprint density at radius 3 is 2.58 bits per heavy atom. The molecule has 0 bridgehead atoms. The summed E-state index contributed by atoms with van der Waals surface area (Å²) < 4.78 is 1.90. The van der Waals surface area contributed by atoms with Gasteiger partial charge in [-0.15, -0.1) is 0 Å². The lowest BCUT2D eigenvalue weighted by Crippen LogP contribution is -2.17. The highest BCUT2D eigenvalue weighted by Crippen LogP contribution is 2.21.